The number of aromatic nitrogens is 1. The summed E-state index contributed by atoms with van der Waals surface area (Å²) in [5.41, 5.74) is 1.08. The molecule has 0 unspecified atom stereocenters. The molecule has 104 valence electrons. The van der Waals surface area contributed by atoms with Crippen molar-refractivity contribution in [2.24, 2.45) is 0 Å². The highest BCUT2D eigenvalue weighted by Gasteiger charge is 2.12. The van der Waals surface area contributed by atoms with Crippen LogP contribution < -0.4 is 10.1 Å². The van der Waals surface area contributed by atoms with Crippen molar-refractivity contribution >= 4 is 23.2 Å². The molecule has 2 rings (SSSR count). The number of carbonyl (C=O) groups is 1. The number of nitrogens with zero attached hydrogens (tertiary/aromatic N) is 1. The zero-order valence-electron chi connectivity index (χ0n) is 11.1. The van der Waals surface area contributed by atoms with Crippen molar-refractivity contribution in [1.29, 1.82) is 0 Å². The Labute approximate surface area is 122 Å². The third-order valence-corrected chi connectivity index (χ3v) is 2.80. The molecular weight excluding hydrogens is 276 g/mol. The lowest BCUT2D eigenvalue weighted by Crippen LogP contribution is -2.14. The van der Waals surface area contributed by atoms with Gasteiger partial charge in [0.15, 0.2) is 0 Å². The maximum atomic E-state index is 12.2. The average molecular weight is 291 g/mol. The van der Waals surface area contributed by atoms with Crippen LogP contribution in [0.1, 0.15) is 23.7 Å². The van der Waals surface area contributed by atoms with Gasteiger partial charge in [-0.2, -0.15) is 0 Å². The maximum absolute atomic E-state index is 12.2. The summed E-state index contributed by atoms with van der Waals surface area (Å²) in [5, 5.41) is 3.15. The summed E-state index contributed by atoms with van der Waals surface area (Å²) in [6, 6.07) is 10.5. The van der Waals surface area contributed by atoms with Gasteiger partial charge in [-0.1, -0.05) is 30.7 Å². The lowest BCUT2D eigenvalue weighted by molar-refractivity contribution is 0.102. The van der Waals surface area contributed by atoms with Crippen LogP contribution in [0.15, 0.2) is 42.6 Å². The van der Waals surface area contributed by atoms with Crippen molar-refractivity contribution in [2.75, 3.05) is 11.9 Å². The third kappa shape index (κ3) is 3.71. The van der Waals surface area contributed by atoms with Gasteiger partial charge in [-0.05, 0) is 30.7 Å². The number of carbonyl (C=O) groups excluding carboxylic acids is 1. The fraction of sp³-hybridized carbons (Fsp3) is 0.200. The maximum Gasteiger partial charge on any atom is 0.259 e. The van der Waals surface area contributed by atoms with E-state index in [1.807, 2.05) is 13.0 Å². The second-order valence-electron chi connectivity index (χ2n) is 4.17. The molecule has 0 fully saturated rings. The lowest BCUT2D eigenvalue weighted by atomic mass is 10.2. The molecule has 1 amide bonds. The number of para-hydroxylation sites is 1. The molecule has 0 radical (unpaired) electrons. The predicted octanol–water partition coefficient (Wildman–Crippen LogP) is 3.78. The summed E-state index contributed by atoms with van der Waals surface area (Å²) in [6.07, 6.45) is 2.40. The van der Waals surface area contributed by atoms with E-state index in [2.05, 4.69) is 10.3 Å². The summed E-state index contributed by atoms with van der Waals surface area (Å²) >= 11 is 5.70. The summed E-state index contributed by atoms with van der Waals surface area (Å²) in [7, 11) is 0. The number of benzene rings is 1. The first kappa shape index (κ1) is 14.3. The molecule has 4 nitrogen and oxygen atoms in total. The molecule has 1 aromatic heterocycles. The topological polar surface area (TPSA) is 51.2 Å². The van der Waals surface area contributed by atoms with Gasteiger partial charge in [0.25, 0.3) is 5.91 Å². The minimum atomic E-state index is -0.235. The van der Waals surface area contributed by atoms with Crippen LogP contribution in [0.2, 0.25) is 5.15 Å². The van der Waals surface area contributed by atoms with Gasteiger partial charge in [0.2, 0.25) is 0 Å². The Hall–Kier alpha value is -2.07. The molecule has 2 aromatic rings. The number of pyridine rings is 1. The molecule has 0 atom stereocenters. The molecule has 0 bridgehead atoms. The summed E-state index contributed by atoms with van der Waals surface area (Å²) < 4.78 is 5.57. The van der Waals surface area contributed by atoms with Gasteiger partial charge in [0.05, 0.1) is 24.1 Å². The van der Waals surface area contributed by atoms with E-state index in [1.165, 1.54) is 6.20 Å². The molecule has 20 heavy (non-hydrogen) atoms. The van der Waals surface area contributed by atoms with E-state index in [-0.39, 0.29) is 5.91 Å². The highest BCUT2D eigenvalue weighted by Crippen LogP contribution is 2.20. The second-order valence-corrected chi connectivity index (χ2v) is 4.56. The number of ether oxygens (including phenoxy) is 1. The quantitative estimate of drug-likeness (QED) is 0.853. The fourth-order valence-corrected chi connectivity index (χ4v) is 1.75. The van der Waals surface area contributed by atoms with Crippen LogP contribution in [0, 0.1) is 0 Å². The molecule has 0 aliphatic rings. The molecule has 0 aliphatic heterocycles. The van der Waals surface area contributed by atoms with Crippen LogP contribution in [-0.2, 0) is 0 Å². The van der Waals surface area contributed by atoms with Crippen LogP contribution in [-0.4, -0.2) is 17.5 Å². The second kappa shape index (κ2) is 6.91. The molecule has 1 N–H and O–H groups in total. The van der Waals surface area contributed by atoms with Crippen molar-refractivity contribution in [3.05, 3.63) is 53.3 Å². The third-order valence-electron chi connectivity index (χ3n) is 2.58. The number of hydrogen-bond donors (Lipinski definition) is 1. The Balaban J connectivity index is 2.14. The zero-order chi connectivity index (χ0) is 14.4. The van der Waals surface area contributed by atoms with E-state index in [1.54, 1.807) is 30.3 Å². The minimum Gasteiger partial charge on any atom is -0.493 e. The van der Waals surface area contributed by atoms with Crippen LogP contribution in [0.4, 0.5) is 5.69 Å². The van der Waals surface area contributed by atoms with Gasteiger partial charge in [0, 0.05) is 0 Å². The Kier molecular flexibility index (Phi) is 4.96. The number of anilines is 1. The van der Waals surface area contributed by atoms with Crippen molar-refractivity contribution in [3.63, 3.8) is 0 Å². The number of halogens is 1. The van der Waals surface area contributed by atoms with Gasteiger partial charge in [-0.15, -0.1) is 0 Å². The SMILES string of the molecule is CCCOc1ccccc1C(=O)Nc1ccc(Cl)nc1. The van der Waals surface area contributed by atoms with Crippen LogP contribution in [0.25, 0.3) is 0 Å². The predicted molar refractivity (Wildman–Crippen MR) is 79.4 cm³/mol. The van der Waals surface area contributed by atoms with E-state index in [9.17, 15) is 4.79 Å². The Morgan fingerprint density at radius 3 is 2.80 bits per heavy atom. The number of amides is 1. The molecule has 0 aliphatic carbocycles. The Morgan fingerprint density at radius 2 is 2.10 bits per heavy atom. The number of rotatable bonds is 5. The highest BCUT2D eigenvalue weighted by molar-refractivity contribution is 6.29. The molecule has 5 heteroatoms. The van der Waals surface area contributed by atoms with Crippen molar-refractivity contribution in [1.82, 2.24) is 4.98 Å². The van der Waals surface area contributed by atoms with Crippen LogP contribution in [0.3, 0.4) is 0 Å². The monoisotopic (exact) mass is 290 g/mol. The standard InChI is InChI=1S/C15H15ClN2O2/c1-2-9-20-13-6-4-3-5-12(13)15(19)18-11-7-8-14(16)17-10-11/h3-8,10H,2,9H2,1H3,(H,18,19). The number of nitrogens with one attached hydrogen (secondary N) is 1. The smallest absolute Gasteiger partial charge is 0.259 e. The molecule has 0 saturated heterocycles. The van der Waals surface area contributed by atoms with Crippen LogP contribution in [0.5, 0.6) is 5.75 Å². The Morgan fingerprint density at radius 1 is 1.30 bits per heavy atom. The van der Waals surface area contributed by atoms with Gasteiger partial charge in [0.1, 0.15) is 10.9 Å². The average Bonchev–Trinajstić information content (AvgIpc) is 2.47. The molecule has 1 aromatic carbocycles. The van der Waals surface area contributed by atoms with E-state index in [0.29, 0.717) is 28.8 Å². The molecule has 0 saturated carbocycles. The Bertz CT molecular complexity index is 585. The van der Waals surface area contributed by atoms with Gasteiger partial charge < -0.3 is 10.1 Å². The first-order valence-electron chi connectivity index (χ1n) is 6.35. The van der Waals surface area contributed by atoms with E-state index >= 15 is 0 Å². The van der Waals surface area contributed by atoms with Gasteiger partial charge >= 0.3 is 0 Å². The van der Waals surface area contributed by atoms with E-state index < -0.39 is 0 Å². The highest BCUT2D eigenvalue weighted by atomic mass is 35.5. The van der Waals surface area contributed by atoms with Crippen molar-refractivity contribution < 1.29 is 9.53 Å². The van der Waals surface area contributed by atoms with Crippen LogP contribution >= 0.6 is 11.6 Å². The van der Waals surface area contributed by atoms with Crippen molar-refractivity contribution in [2.45, 2.75) is 13.3 Å². The van der Waals surface area contributed by atoms with Gasteiger partial charge in [-0.3, -0.25) is 4.79 Å². The summed E-state index contributed by atoms with van der Waals surface area (Å²) in [4.78, 5) is 16.1. The summed E-state index contributed by atoms with van der Waals surface area (Å²) in [6.45, 7) is 2.59. The fourth-order valence-electron chi connectivity index (χ4n) is 1.64. The molecular formula is C15H15ClN2O2. The number of hydrogen-bond acceptors (Lipinski definition) is 3. The minimum absolute atomic E-state index is 0.235. The van der Waals surface area contributed by atoms with Crippen molar-refractivity contribution in [3.8, 4) is 5.75 Å². The molecule has 0 spiro atoms. The molecule has 1 heterocycles. The first-order valence-corrected chi connectivity index (χ1v) is 6.73. The largest absolute Gasteiger partial charge is 0.493 e. The summed E-state index contributed by atoms with van der Waals surface area (Å²) in [5.74, 6) is 0.342. The zero-order valence-corrected chi connectivity index (χ0v) is 11.9. The van der Waals surface area contributed by atoms with Gasteiger partial charge in [-0.25, -0.2) is 4.98 Å². The lowest BCUT2D eigenvalue weighted by Gasteiger charge is -2.11. The van der Waals surface area contributed by atoms with E-state index in [0.717, 1.165) is 6.42 Å². The normalized spacial score (nSPS) is 10.1. The van der Waals surface area contributed by atoms with E-state index in [4.69, 9.17) is 16.3 Å². The first-order chi connectivity index (χ1) is 9.70.